The number of hydrogen-bond donors (Lipinski definition) is 2. The summed E-state index contributed by atoms with van der Waals surface area (Å²) in [6.45, 7) is 0. The summed E-state index contributed by atoms with van der Waals surface area (Å²) >= 11 is 9.51. The van der Waals surface area contributed by atoms with Crippen molar-refractivity contribution in [1.82, 2.24) is 9.97 Å². The zero-order chi connectivity index (χ0) is 14.3. The number of benzene rings is 2. The fraction of sp³-hybridized carbons (Fsp3) is 0.0714. The molecule has 0 amide bonds. The van der Waals surface area contributed by atoms with Gasteiger partial charge in [0.15, 0.2) is 0 Å². The molecule has 6 heteroatoms. The molecule has 0 atom stereocenters. The molecule has 3 N–H and O–H groups in total. The molecule has 1 aromatic heterocycles. The lowest BCUT2D eigenvalue weighted by atomic mass is 10.2. The lowest BCUT2D eigenvalue weighted by Crippen LogP contribution is -1.87. The number of aromatic nitrogens is 2. The van der Waals surface area contributed by atoms with E-state index in [2.05, 4.69) is 25.9 Å². The Hall–Kier alpha value is -1.72. The maximum atomic E-state index is 6.00. The second-order valence-electron chi connectivity index (χ2n) is 4.32. The van der Waals surface area contributed by atoms with Crippen molar-refractivity contribution < 1.29 is 4.74 Å². The van der Waals surface area contributed by atoms with Gasteiger partial charge in [-0.25, -0.2) is 4.98 Å². The molecular weight excluding hydrogens is 342 g/mol. The largest absolute Gasteiger partial charge is 0.497 e. The highest BCUT2D eigenvalue weighted by Gasteiger charge is 2.12. The van der Waals surface area contributed by atoms with Crippen LogP contribution in [0.4, 0.5) is 5.69 Å². The number of anilines is 1. The molecule has 0 saturated heterocycles. The molecule has 0 aliphatic heterocycles. The number of imidazole rings is 1. The van der Waals surface area contributed by atoms with Crippen molar-refractivity contribution in [2.24, 2.45) is 0 Å². The Labute approximate surface area is 129 Å². The number of nitrogen functional groups attached to an aromatic ring is 1. The minimum absolute atomic E-state index is 0.550. The second kappa shape index (κ2) is 5.00. The fourth-order valence-electron chi connectivity index (χ4n) is 2.05. The standard InChI is InChI=1S/C14H11BrClN3O/c1-20-8-2-3-10(15)9(6-8)14-18-12-5-7(16)4-11(17)13(12)19-14/h2-6H,17H2,1H3,(H,18,19). The van der Waals surface area contributed by atoms with Gasteiger partial charge < -0.3 is 15.5 Å². The number of H-pyrrole nitrogens is 1. The average molecular weight is 353 g/mol. The van der Waals surface area contributed by atoms with Crippen LogP contribution in [-0.4, -0.2) is 17.1 Å². The number of halogens is 2. The molecule has 0 unspecified atom stereocenters. The van der Waals surface area contributed by atoms with Gasteiger partial charge in [0, 0.05) is 15.1 Å². The SMILES string of the molecule is COc1ccc(Br)c(-c2nc3c(N)cc(Cl)cc3[nH]2)c1. The van der Waals surface area contributed by atoms with E-state index >= 15 is 0 Å². The number of nitrogens with one attached hydrogen (secondary N) is 1. The molecular formula is C14H11BrClN3O. The Balaban J connectivity index is 2.22. The van der Waals surface area contributed by atoms with Gasteiger partial charge in [0.25, 0.3) is 0 Å². The molecule has 0 bridgehead atoms. The first-order valence-electron chi connectivity index (χ1n) is 5.87. The third-order valence-corrected chi connectivity index (χ3v) is 3.92. The first kappa shape index (κ1) is 13.3. The monoisotopic (exact) mass is 351 g/mol. The molecule has 2 aromatic carbocycles. The molecule has 3 aromatic rings. The van der Waals surface area contributed by atoms with Gasteiger partial charge >= 0.3 is 0 Å². The van der Waals surface area contributed by atoms with Gasteiger partial charge in [-0.15, -0.1) is 0 Å². The molecule has 0 radical (unpaired) electrons. The van der Waals surface area contributed by atoms with E-state index in [1.165, 1.54) is 0 Å². The van der Waals surface area contributed by atoms with E-state index in [1.54, 1.807) is 19.2 Å². The molecule has 0 spiro atoms. The molecule has 0 saturated carbocycles. The van der Waals surface area contributed by atoms with E-state index in [-0.39, 0.29) is 0 Å². The molecule has 0 aliphatic rings. The zero-order valence-corrected chi connectivity index (χ0v) is 12.9. The normalized spacial score (nSPS) is 10.9. The number of hydrogen-bond acceptors (Lipinski definition) is 3. The van der Waals surface area contributed by atoms with Crippen LogP contribution in [0.5, 0.6) is 5.75 Å². The minimum atomic E-state index is 0.550. The van der Waals surface area contributed by atoms with Crippen LogP contribution in [0.2, 0.25) is 5.02 Å². The Kier molecular flexibility index (Phi) is 3.31. The highest BCUT2D eigenvalue weighted by Crippen LogP contribution is 2.33. The first-order chi connectivity index (χ1) is 9.58. The summed E-state index contributed by atoms with van der Waals surface area (Å²) in [6.07, 6.45) is 0. The van der Waals surface area contributed by atoms with E-state index < -0.39 is 0 Å². The van der Waals surface area contributed by atoms with Gasteiger partial charge in [-0.3, -0.25) is 0 Å². The number of rotatable bonds is 2. The predicted octanol–water partition coefficient (Wildman–Crippen LogP) is 4.24. The summed E-state index contributed by atoms with van der Waals surface area (Å²) in [6, 6.07) is 9.19. The van der Waals surface area contributed by atoms with Crippen molar-refractivity contribution in [1.29, 1.82) is 0 Å². The smallest absolute Gasteiger partial charge is 0.139 e. The summed E-state index contributed by atoms with van der Waals surface area (Å²) in [5.74, 6) is 1.47. The van der Waals surface area contributed by atoms with Crippen LogP contribution in [0.25, 0.3) is 22.4 Å². The lowest BCUT2D eigenvalue weighted by Gasteiger charge is -2.04. The predicted molar refractivity (Wildman–Crippen MR) is 85.2 cm³/mol. The number of nitrogens with two attached hydrogens (primary N) is 1. The summed E-state index contributed by atoms with van der Waals surface area (Å²) in [5.41, 5.74) is 8.90. The van der Waals surface area contributed by atoms with Gasteiger partial charge in [-0.1, -0.05) is 27.5 Å². The van der Waals surface area contributed by atoms with Crippen molar-refractivity contribution >= 4 is 44.3 Å². The summed E-state index contributed by atoms with van der Waals surface area (Å²) < 4.78 is 6.16. The fourth-order valence-corrected chi connectivity index (χ4v) is 2.71. The molecule has 3 rings (SSSR count). The quantitative estimate of drug-likeness (QED) is 0.678. The minimum Gasteiger partial charge on any atom is -0.497 e. The average Bonchev–Trinajstić information content (AvgIpc) is 2.83. The number of methoxy groups -OCH3 is 1. The Morgan fingerprint density at radius 1 is 1.30 bits per heavy atom. The Morgan fingerprint density at radius 2 is 2.10 bits per heavy atom. The highest BCUT2D eigenvalue weighted by atomic mass is 79.9. The van der Waals surface area contributed by atoms with Crippen LogP contribution in [-0.2, 0) is 0 Å². The van der Waals surface area contributed by atoms with Crippen molar-refractivity contribution in [2.75, 3.05) is 12.8 Å². The molecule has 0 fully saturated rings. The Morgan fingerprint density at radius 3 is 2.85 bits per heavy atom. The topological polar surface area (TPSA) is 63.9 Å². The molecule has 4 nitrogen and oxygen atoms in total. The van der Waals surface area contributed by atoms with E-state index in [0.29, 0.717) is 22.1 Å². The van der Waals surface area contributed by atoms with E-state index in [4.69, 9.17) is 22.1 Å². The van der Waals surface area contributed by atoms with Gasteiger partial charge in [0.2, 0.25) is 0 Å². The molecule has 20 heavy (non-hydrogen) atoms. The van der Waals surface area contributed by atoms with Gasteiger partial charge in [0.1, 0.15) is 17.1 Å². The summed E-state index contributed by atoms with van der Waals surface area (Å²) in [4.78, 5) is 7.76. The number of aromatic amines is 1. The lowest BCUT2D eigenvalue weighted by molar-refractivity contribution is 0.415. The van der Waals surface area contributed by atoms with E-state index in [1.807, 2.05) is 18.2 Å². The summed E-state index contributed by atoms with van der Waals surface area (Å²) in [7, 11) is 1.63. The summed E-state index contributed by atoms with van der Waals surface area (Å²) in [5, 5.41) is 0.579. The third-order valence-electron chi connectivity index (χ3n) is 3.01. The maximum absolute atomic E-state index is 6.00. The van der Waals surface area contributed by atoms with Crippen LogP contribution >= 0.6 is 27.5 Å². The van der Waals surface area contributed by atoms with Gasteiger partial charge in [0.05, 0.1) is 18.3 Å². The maximum Gasteiger partial charge on any atom is 0.139 e. The number of fused-ring (bicyclic) bond motifs is 1. The van der Waals surface area contributed by atoms with E-state index in [0.717, 1.165) is 21.3 Å². The Bertz CT molecular complexity index is 800. The number of ether oxygens (including phenoxy) is 1. The van der Waals surface area contributed by atoms with Crippen LogP contribution in [0.15, 0.2) is 34.8 Å². The van der Waals surface area contributed by atoms with Crippen molar-refractivity contribution in [3.63, 3.8) is 0 Å². The third kappa shape index (κ3) is 2.23. The van der Waals surface area contributed by atoms with Crippen LogP contribution in [0.1, 0.15) is 0 Å². The second-order valence-corrected chi connectivity index (χ2v) is 5.61. The molecule has 102 valence electrons. The highest BCUT2D eigenvalue weighted by molar-refractivity contribution is 9.10. The number of nitrogens with zero attached hydrogens (tertiary/aromatic N) is 1. The molecule has 0 aliphatic carbocycles. The van der Waals surface area contributed by atoms with Crippen molar-refractivity contribution in [2.45, 2.75) is 0 Å². The molecule has 1 heterocycles. The van der Waals surface area contributed by atoms with E-state index in [9.17, 15) is 0 Å². The van der Waals surface area contributed by atoms with Crippen molar-refractivity contribution in [3.05, 3.63) is 39.8 Å². The van der Waals surface area contributed by atoms with Crippen LogP contribution in [0.3, 0.4) is 0 Å². The van der Waals surface area contributed by atoms with Gasteiger partial charge in [-0.2, -0.15) is 0 Å². The zero-order valence-electron chi connectivity index (χ0n) is 10.6. The van der Waals surface area contributed by atoms with Crippen molar-refractivity contribution in [3.8, 4) is 17.1 Å². The van der Waals surface area contributed by atoms with Crippen LogP contribution < -0.4 is 10.5 Å². The van der Waals surface area contributed by atoms with Crippen LogP contribution in [0, 0.1) is 0 Å². The first-order valence-corrected chi connectivity index (χ1v) is 7.04. The van der Waals surface area contributed by atoms with Gasteiger partial charge in [-0.05, 0) is 30.3 Å².